The van der Waals surface area contributed by atoms with E-state index in [2.05, 4.69) is 0 Å². The summed E-state index contributed by atoms with van der Waals surface area (Å²) in [5.41, 5.74) is -0.824. The van der Waals surface area contributed by atoms with E-state index in [4.69, 9.17) is 14.2 Å². The van der Waals surface area contributed by atoms with Crippen LogP contribution in [0, 0.1) is 0 Å². The van der Waals surface area contributed by atoms with Gasteiger partial charge in [0.1, 0.15) is 6.10 Å². The van der Waals surface area contributed by atoms with Gasteiger partial charge in [-0.3, -0.25) is 4.79 Å². The van der Waals surface area contributed by atoms with Crippen LogP contribution in [0.2, 0.25) is 0 Å². The zero-order chi connectivity index (χ0) is 9.35. The number of carbonyl (C=O) groups excluding carboxylic acids is 1. The molecule has 0 spiro atoms. The van der Waals surface area contributed by atoms with Crippen molar-refractivity contribution < 1.29 is 19.0 Å². The molecule has 0 aromatic heterocycles. The number of hydrogen-bond donors (Lipinski definition) is 0. The molecular weight excluding hydrogens is 160 g/mol. The predicted molar refractivity (Wildman–Crippen MR) is 41.8 cm³/mol. The molecule has 0 amide bonds. The molecule has 1 unspecified atom stereocenters. The minimum Gasteiger partial charge on any atom is -0.373 e. The average molecular weight is 174 g/mol. The predicted octanol–water partition coefficient (Wildman–Crippen LogP) is 0.352. The standard InChI is InChI=1S/C8H14O4/c1-5(9)8(2)6(10-3)7(11-4)12-8/h6-7H,1-4H3/t6-,7-,8?/m1/s1. The molecule has 0 saturated carbocycles. The largest absolute Gasteiger partial charge is 0.373 e. The number of rotatable bonds is 3. The van der Waals surface area contributed by atoms with Crippen LogP contribution in [0.1, 0.15) is 13.8 Å². The van der Waals surface area contributed by atoms with E-state index >= 15 is 0 Å². The summed E-state index contributed by atoms with van der Waals surface area (Å²) >= 11 is 0. The molecule has 0 radical (unpaired) electrons. The molecule has 12 heavy (non-hydrogen) atoms. The van der Waals surface area contributed by atoms with Gasteiger partial charge in [0.25, 0.3) is 0 Å². The Hall–Kier alpha value is -0.450. The van der Waals surface area contributed by atoms with Gasteiger partial charge in [-0.2, -0.15) is 0 Å². The molecule has 0 aliphatic carbocycles. The Morgan fingerprint density at radius 1 is 1.42 bits per heavy atom. The first-order valence-electron chi connectivity index (χ1n) is 3.80. The second kappa shape index (κ2) is 3.12. The van der Waals surface area contributed by atoms with Crippen LogP contribution in [0.5, 0.6) is 0 Å². The van der Waals surface area contributed by atoms with Crippen molar-refractivity contribution in [2.75, 3.05) is 14.2 Å². The van der Waals surface area contributed by atoms with Crippen molar-refractivity contribution in [1.82, 2.24) is 0 Å². The monoisotopic (exact) mass is 174 g/mol. The SMILES string of the molecule is CO[C@@H]1OC(C)(C(C)=O)[C@@H]1OC. The Balaban J connectivity index is 2.67. The first-order valence-corrected chi connectivity index (χ1v) is 3.80. The van der Waals surface area contributed by atoms with E-state index in [0.29, 0.717) is 0 Å². The maximum Gasteiger partial charge on any atom is 0.188 e. The Morgan fingerprint density at radius 3 is 2.33 bits per heavy atom. The zero-order valence-corrected chi connectivity index (χ0v) is 7.79. The van der Waals surface area contributed by atoms with Gasteiger partial charge in [-0.25, -0.2) is 0 Å². The smallest absolute Gasteiger partial charge is 0.188 e. The lowest BCUT2D eigenvalue weighted by atomic mass is 9.88. The summed E-state index contributed by atoms with van der Waals surface area (Å²) in [7, 11) is 3.07. The van der Waals surface area contributed by atoms with Crippen molar-refractivity contribution in [2.24, 2.45) is 0 Å². The molecule has 0 aromatic rings. The molecule has 4 heteroatoms. The lowest BCUT2D eigenvalue weighted by Crippen LogP contribution is -2.67. The molecule has 0 N–H and O–H groups in total. The Kier molecular flexibility index (Phi) is 2.51. The molecule has 1 aliphatic heterocycles. The van der Waals surface area contributed by atoms with Crippen LogP contribution < -0.4 is 0 Å². The fraction of sp³-hybridized carbons (Fsp3) is 0.875. The van der Waals surface area contributed by atoms with E-state index in [1.54, 1.807) is 14.0 Å². The van der Waals surface area contributed by atoms with E-state index in [-0.39, 0.29) is 11.9 Å². The third-order valence-electron chi connectivity index (χ3n) is 2.34. The highest BCUT2D eigenvalue weighted by Crippen LogP contribution is 2.35. The first-order chi connectivity index (χ1) is 5.56. The van der Waals surface area contributed by atoms with Gasteiger partial charge in [-0.1, -0.05) is 0 Å². The molecule has 1 saturated heterocycles. The number of ether oxygens (including phenoxy) is 3. The minimum atomic E-state index is -0.824. The van der Waals surface area contributed by atoms with Crippen LogP contribution >= 0.6 is 0 Å². The van der Waals surface area contributed by atoms with Gasteiger partial charge >= 0.3 is 0 Å². The lowest BCUT2D eigenvalue weighted by molar-refractivity contribution is -0.349. The highest BCUT2D eigenvalue weighted by atomic mass is 16.7. The van der Waals surface area contributed by atoms with E-state index in [9.17, 15) is 4.79 Å². The van der Waals surface area contributed by atoms with Gasteiger partial charge in [0, 0.05) is 14.2 Å². The fourth-order valence-electron chi connectivity index (χ4n) is 1.35. The van der Waals surface area contributed by atoms with Crippen LogP contribution in [0.25, 0.3) is 0 Å². The number of carbonyl (C=O) groups is 1. The second-order valence-corrected chi connectivity index (χ2v) is 3.04. The zero-order valence-electron chi connectivity index (χ0n) is 7.79. The normalized spacial score (nSPS) is 40.7. The molecule has 1 fully saturated rings. The second-order valence-electron chi connectivity index (χ2n) is 3.04. The average Bonchev–Trinajstić information content (AvgIpc) is 1.99. The first kappa shape index (κ1) is 9.64. The topological polar surface area (TPSA) is 44.8 Å². The summed E-state index contributed by atoms with van der Waals surface area (Å²) in [6.07, 6.45) is -0.705. The van der Waals surface area contributed by atoms with Crippen LogP contribution in [-0.4, -0.2) is 38.0 Å². The van der Waals surface area contributed by atoms with Crippen LogP contribution in [0.4, 0.5) is 0 Å². The molecule has 3 atom stereocenters. The maximum atomic E-state index is 11.1. The van der Waals surface area contributed by atoms with Gasteiger partial charge < -0.3 is 14.2 Å². The van der Waals surface area contributed by atoms with Crippen molar-refractivity contribution >= 4 is 5.78 Å². The van der Waals surface area contributed by atoms with Crippen molar-refractivity contribution in [3.05, 3.63) is 0 Å². The number of hydrogen-bond acceptors (Lipinski definition) is 4. The third kappa shape index (κ3) is 1.16. The molecule has 0 aromatic carbocycles. The van der Waals surface area contributed by atoms with Gasteiger partial charge in [-0.15, -0.1) is 0 Å². The lowest BCUT2D eigenvalue weighted by Gasteiger charge is -2.49. The molecule has 4 nitrogen and oxygen atoms in total. The van der Waals surface area contributed by atoms with Crippen molar-refractivity contribution in [1.29, 1.82) is 0 Å². The van der Waals surface area contributed by atoms with Crippen molar-refractivity contribution in [3.8, 4) is 0 Å². The van der Waals surface area contributed by atoms with E-state index in [1.807, 2.05) is 0 Å². The van der Waals surface area contributed by atoms with Gasteiger partial charge in [0.2, 0.25) is 0 Å². The summed E-state index contributed by atoms with van der Waals surface area (Å²) in [5.74, 6) is -0.0392. The van der Waals surface area contributed by atoms with Crippen LogP contribution in [-0.2, 0) is 19.0 Å². The van der Waals surface area contributed by atoms with Gasteiger partial charge in [-0.05, 0) is 13.8 Å². The molecule has 1 heterocycles. The quantitative estimate of drug-likeness (QED) is 0.619. The van der Waals surface area contributed by atoms with Crippen molar-refractivity contribution in [2.45, 2.75) is 31.8 Å². The summed E-state index contributed by atoms with van der Waals surface area (Å²) in [4.78, 5) is 11.1. The summed E-state index contributed by atoms with van der Waals surface area (Å²) in [5, 5.41) is 0. The minimum absolute atomic E-state index is 0.0392. The molecule has 70 valence electrons. The summed E-state index contributed by atoms with van der Waals surface area (Å²) in [6, 6.07) is 0. The Bertz CT molecular complexity index is 191. The number of Topliss-reactive ketones (excluding diaryl/α,β-unsaturated/α-hetero) is 1. The molecule has 0 bridgehead atoms. The highest BCUT2D eigenvalue weighted by molar-refractivity contribution is 5.86. The molecular formula is C8H14O4. The van der Waals surface area contributed by atoms with Crippen molar-refractivity contribution in [3.63, 3.8) is 0 Å². The van der Waals surface area contributed by atoms with E-state index in [1.165, 1.54) is 14.0 Å². The number of ketones is 1. The van der Waals surface area contributed by atoms with Crippen LogP contribution in [0.15, 0.2) is 0 Å². The van der Waals surface area contributed by atoms with Crippen LogP contribution in [0.3, 0.4) is 0 Å². The molecule has 1 rings (SSSR count). The number of methoxy groups -OCH3 is 2. The van der Waals surface area contributed by atoms with Gasteiger partial charge in [0.15, 0.2) is 17.7 Å². The Morgan fingerprint density at radius 2 is 2.00 bits per heavy atom. The van der Waals surface area contributed by atoms with E-state index < -0.39 is 11.9 Å². The van der Waals surface area contributed by atoms with Gasteiger partial charge in [0.05, 0.1) is 0 Å². The molecule has 1 aliphatic rings. The fourth-order valence-corrected chi connectivity index (χ4v) is 1.35. The summed E-state index contributed by atoms with van der Waals surface area (Å²) in [6.45, 7) is 3.19. The van der Waals surface area contributed by atoms with E-state index in [0.717, 1.165) is 0 Å². The third-order valence-corrected chi connectivity index (χ3v) is 2.34. The summed E-state index contributed by atoms with van der Waals surface area (Å²) < 4.78 is 15.3. The highest BCUT2D eigenvalue weighted by Gasteiger charge is 2.56. The Labute approximate surface area is 71.8 Å². The maximum absolute atomic E-state index is 11.1.